The van der Waals surface area contributed by atoms with Gasteiger partial charge in [-0.3, -0.25) is 18.6 Å². The average molecular weight is 704 g/mol. The van der Waals surface area contributed by atoms with E-state index in [1.165, 1.54) is 103 Å². The second kappa shape index (κ2) is 35.6. The first-order chi connectivity index (χ1) is 23.3. The van der Waals surface area contributed by atoms with E-state index in [-0.39, 0.29) is 38.6 Å². The predicted molar refractivity (Wildman–Crippen MR) is 197 cm³/mol. The van der Waals surface area contributed by atoms with Crippen molar-refractivity contribution in [2.75, 3.05) is 26.4 Å². The van der Waals surface area contributed by atoms with Gasteiger partial charge in [0.1, 0.15) is 6.61 Å². The van der Waals surface area contributed by atoms with E-state index in [4.69, 9.17) is 24.3 Å². The van der Waals surface area contributed by atoms with E-state index in [1.54, 1.807) is 0 Å². The maximum atomic E-state index is 12.5. The van der Waals surface area contributed by atoms with Gasteiger partial charge >= 0.3 is 19.8 Å². The van der Waals surface area contributed by atoms with E-state index < -0.39 is 26.5 Å². The Hall–Kier alpha value is -1.25. The van der Waals surface area contributed by atoms with Gasteiger partial charge in [0, 0.05) is 19.4 Å². The van der Waals surface area contributed by atoms with Crippen molar-refractivity contribution in [1.82, 2.24) is 0 Å². The van der Waals surface area contributed by atoms with Gasteiger partial charge in [0.15, 0.2) is 6.10 Å². The van der Waals surface area contributed by atoms with Crippen molar-refractivity contribution < 1.29 is 37.6 Å². The van der Waals surface area contributed by atoms with Crippen LogP contribution in [0.15, 0.2) is 12.2 Å². The lowest BCUT2D eigenvalue weighted by Crippen LogP contribution is -2.29. The zero-order chi connectivity index (χ0) is 35.4. The summed E-state index contributed by atoms with van der Waals surface area (Å²) in [4.78, 5) is 34.7. The molecule has 0 fully saturated rings. The number of allylic oxidation sites excluding steroid dienone is 2. The minimum Gasteiger partial charge on any atom is -0.462 e. The molecule has 0 saturated carbocycles. The molecule has 0 heterocycles. The average Bonchev–Trinajstić information content (AvgIpc) is 3.07. The maximum absolute atomic E-state index is 12.5. The van der Waals surface area contributed by atoms with Gasteiger partial charge in [-0.15, -0.1) is 0 Å². The molecular formula is C38H74NO8P. The van der Waals surface area contributed by atoms with Gasteiger partial charge in [0.2, 0.25) is 0 Å². The molecule has 0 aromatic rings. The highest BCUT2D eigenvalue weighted by molar-refractivity contribution is 7.47. The molecule has 48 heavy (non-hydrogen) atoms. The molecule has 0 bridgehead atoms. The lowest BCUT2D eigenvalue weighted by atomic mass is 10.1. The minimum absolute atomic E-state index is 0.0549. The van der Waals surface area contributed by atoms with E-state index in [0.717, 1.165) is 51.4 Å². The number of rotatable bonds is 37. The molecule has 2 atom stereocenters. The fourth-order valence-corrected chi connectivity index (χ4v) is 6.22. The van der Waals surface area contributed by atoms with E-state index in [2.05, 4.69) is 26.0 Å². The minimum atomic E-state index is -4.37. The summed E-state index contributed by atoms with van der Waals surface area (Å²) in [7, 11) is -4.37. The third-order valence-electron chi connectivity index (χ3n) is 8.40. The molecule has 9 nitrogen and oxygen atoms in total. The molecule has 0 aromatic carbocycles. The van der Waals surface area contributed by atoms with Gasteiger partial charge in [0.05, 0.1) is 13.2 Å². The summed E-state index contributed by atoms with van der Waals surface area (Å²) in [6.45, 7) is 3.71. The van der Waals surface area contributed by atoms with Crippen molar-refractivity contribution in [3.63, 3.8) is 0 Å². The Balaban J connectivity index is 4.18. The molecule has 0 saturated heterocycles. The van der Waals surface area contributed by atoms with Gasteiger partial charge in [-0.25, -0.2) is 4.57 Å². The van der Waals surface area contributed by atoms with Crippen LogP contribution in [0.1, 0.15) is 187 Å². The van der Waals surface area contributed by atoms with E-state index in [9.17, 15) is 19.0 Å². The van der Waals surface area contributed by atoms with Crippen molar-refractivity contribution in [3.05, 3.63) is 12.2 Å². The Kier molecular flexibility index (Phi) is 34.6. The molecule has 0 rings (SSSR count). The smallest absolute Gasteiger partial charge is 0.462 e. The van der Waals surface area contributed by atoms with Crippen LogP contribution in [0.4, 0.5) is 0 Å². The molecule has 0 aromatic heterocycles. The highest BCUT2D eigenvalue weighted by Gasteiger charge is 2.25. The topological polar surface area (TPSA) is 134 Å². The largest absolute Gasteiger partial charge is 0.472 e. The summed E-state index contributed by atoms with van der Waals surface area (Å²) in [6.07, 6.45) is 33.8. The monoisotopic (exact) mass is 704 g/mol. The van der Waals surface area contributed by atoms with Gasteiger partial charge < -0.3 is 20.1 Å². The predicted octanol–water partition coefficient (Wildman–Crippen LogP) is 10.7. The highest BCUT2D eigenvalue weighted by Crippen LogP contribution is 2.43. The fraction of sp³-hybridized carbons (Fsp3) is 0.895. The second-order valence-corrected chi connectivity index (χ2v) is 14.6. The number of ether oxygens (including phenoxy) is 2. The molecule has 1 unspecified atom stereocenters. The van der Waals surface area contributed by atoms with Crippen molar-refractivity contribution in [1.29, 1.82) is 0 Å². The molecule has 284 valence electrons. The quantitative estimate of drug-likeness (QED) is 0.0280. The Morgan fingerprint density at radius 3 is 1.48 bits per heavy atom. The van der Waals surface area contributed by atoms with Crippen LogP contribution in [-0.2, 0) is 32.7 Å². The van der Waals surface area contributed by atoms with Crippen LogP contribution in [0.5, 0.6) is 0 Å². The van der Waals surface area contributed by atoms with Crippen LogP contribution in [0.2, 0.25) is 0 Å². The van der Waals surface area contributed by atoms with Crippen molar-refractivity contribution >= 4 is 19.8 Å². The molecule has 0 aliphatic carbocycles. The summed E-state index contributed by atoms with van der Waals surface area (Å²) in [6, 6.07) is 0. The van der Waals surface area contributed by atoms with E-state index in [1.807, 2.05) is 0 Å². The maximum Gasteiger partial charge on any atom is 0.472 e. The first-order valence-electron chi connectivity index (χ1n) is 19.7. The highest BCUT2D eigenvalue weighted by atomic mass is 31.2. The van der Waals surface area contributed by atoms with Crippen LogP contribution in [-0.4, -0.2) is 49.3 Å². The molecule has 0 aliphatic rings. The molecule has 0 amide bonds. The number of hydrogen-bond donors (Lipinski definition) is 2. The number of hydrogen-bond acceptors (Lipinski definition) is 8. The fourth-order valence-electron chi connectivity index (χ4n) is 5.45. The molecule has 0 radical (unpaired) electrons. The van der Waals surface area contributed by atoms with Crippen LogP contribution < -0.4 is 5.73 Å². The summed E-state index contributed by atoms with van der Waals surface area (Å²) < 4.78 is 32.6. The number of carbonyl (C=O) groups excluding carboxylic acids is 2. The molecule has 3 N–H and O–H groups in total. The molecule has 10 heteroatoms. The number of phosphoric acid groups is 1. The van der Waals surface area contributed by atoms with Gasteiger partial charge in [-0.05, 0) is 38.5 Å². The Morgan fingerprint density at radius 2 is 1.02 bits per heavy atom. The zero-order valence-electron chi connectivity index (χ0n) is 31.0. The number of carbonyl (C=O) groups is 2. The first-order valence-corrected chi connectivity index (χ1v) is 21.2. The van der Waals surface area contributed by atoms with Crippen LogP contribution in [0, 0.1) is 0 Å². The normalized spacial score (nSPS) is 13.5. The van der Waals surface area contributed by atoms with Crippen LogP contribution in [0.25, 0.3) is 0 Å². The third-order valence-corrected chi connectivity index (χ3v) is 9.39. The Bertz CT molecular complexity index is 810. The SMILES string of the molecule is CCCCCCCCC/C=C\CCCCCCCC(=O)OC[C@H](COP(=O)(O)OCCN)OC(=O)CCCCCCCCCCCCC. The van der Waals surface area contributed by atoms with Crippen LogP contribution >= 0.6 is 7.82 Å². The molecule has 0 aliphatic heterocycles. The molecule has 0 spiro atoms. The van der Waals surface area contributed by atoms with Gasteiger partial charge in [-0.1, -0.05) is 148 Å². The van der Waals surface area contributed by atoms with E-state index in [0.29, 0.717) is 6.42 Å². The summed E-state index contributed by atoms with van der Waals surface area (Å²) in [5, 5.41) is 0. The Morgan fingerprint density at radius 1 is 0.604 bits per heavy atom. The summed E-state index contributed by atoms with van der Waals surface area (Å²) >= 11 is 0. The number of phosphoric ester groups is 1. The number of nitrogens with two attached hydrogens (primary N) is 1. The third kappa shape index (κ3) is 34.6. The number of unbranched alkanes of at least 4 members (excludes halogenated alkanes) is 22. The standard InChI is InChI=1S/C38H74NO8P/c1-3-5-7-9-11-13-15-16-17-18-19-21-22-24-26-28-30-37(40)44-34-36(35-46-48(42,43)45-33-32-39)47-38(41)31-29-27-25-23-20-14-12-10-8-6-4-2/h17-18,36H,3-16,19-35,39H2,1-2H3,(H,42,43)/b18-17-/t36-/m1/s1. The zero-order valence-corrected chi connectivity index (χ0v) is 31.9. The number of esters is 2. The van der Waals surface area contributed by atoms with Crippen LogP contribution in [0.3, 0.4) is 0 Å². The second-order valence-electron chi connectivity index (χ2n) is 13.2. The summed E-state index contributed by atoms with van der Waals surface area (Å²) in [5.74, 6) is -0.833. The lowest BCUT2D eigenvalue weighted by Gasteiger charge is -2.19. The van der Waals surface area contributed by atoms with Gasteiger partial charge in [0.25, 0.3) is 0 Å². The lowest BCUT2D eigenvalue weighted by molar-refractivity contribution is -0.161. The van der Waals surface area contributed by atoms with Crippen molar-refractivity contribution in [3.8, 4) is 0 Å². The first kappa shape index (κ1) is 46.8. The van der Waals surface area contributed by atoms with Crippen molar-refractivity contribution in [2.45, 2.75) is 193 Å². The van der Waals surface area contributed by atoms with Crippen molar-refractivity contribution in [2.24, 2.45) is 5.73 Å². The van der Waals surface area contributed by atoms with E-state index >= 15 is 0 Å². The summed E-state index contributed by atoms with van der Waals surface area (Å²) in [5.41, 5.74) is 5.33. The van der Waals surface area contributed by atoms with Gasteiger partial charge in [-0.2, -0.15) is 0 Å². The Labute approximate surface area is 294 Å². The molecular weight excluding hydrogens is 629 g/mol.